The molecule has 4 heteroatoms. The van der Waals surface area contributed by atoms with E-state index < -0.39 is 6.10 Å². The van der Waals surface area contributed by atoms with E-state index in [0.29, 0.717) is 6.54 Å². The third-order valence-electron chi connectivity index (χ3n) is 2.75. The summed E-state index contributed by atoms with van der Waals surface area (Å²) < 4.78 is 0. The minimum atomic E-state index is -0.946. The molecule has 3 N–H and O–H groups in total. The molecular formula is C13H16N2O2. The van der Waals surface area contributed by atoms with Gasteiger partial charge in [-0.2, -0.15) is 0 Å². The van der Waals surface area contributed by atoms with Crippen molar-refractivity contribution in [1.82, 2.24) is 10.3 Å². The maximum absolute atomic E-state index is 11.2. The van der Waals surface area contributed by atoms with Gasteiger partial charge in [0.2, 0.25) is 5.91 Å². The molecule has 0 bridgehead atoms. The van der Waals surface area contributed by atoms with Crippen LogP contribution in [0.1, 0.15) is 12.5 Å². The van der Waals surface area contributed by atoms with Crippen LogP contribution < -0.4 is 5.32 Å². The summed E-state index contributed by atoms with van der Waals surface area (Å²) in [6.07, 6.45) is 1.76. The minimum absolute atomic E-state index is 0.329. The van der Waals surface area contributed by atoms with Crippen molar-refractivity contribution in [3.05, 3.63) is 36.0 Å². The normalized spacial score (nSPS) is 12.6. The Kier molecular flexibility index (Phi) is 3.44. The van der Waals surface area contributed by atoms with E-state index in [1.807, 2.05) is 24.4 Å². The van der Waals surface area contributed by atoms with Gasteiger partial charge in [-0.05, 0) is 25.0 Å². The number of aromatic amines is 1. The Labute approximate surface area is 99.7 Å². The van der Waals surface area contributed by atoms with E-state index in [1.165, 1.54) is 17.9 Å². The molecule has 1 aromatic carbocycles. The van der Waals surface area contributed by atoms with E-state index in [4.69, 9.17) is 5.11 Å². The smallest absolute Gasteiger partial charge is 0.248 e. The van der Waals surface area contributed by atoms with E-state index in [1.54, 1.807) is 0 Å². The topological polar surface area (TPSA) is 65.1 Å². The second-order valence-electron chi connectivity index (χ2n) is 4.08. The summed E-state index contributed by atoms with van der Waals surface area (Å²) in [6, 6.07) is 8.05. The van der Waals surface area contributed by atoms with Gasteiger partial charge in [0.05, 0.1) is 0 Å². The van der Waals surface area contributed by atoms with Crippen LogP contribution in [0.15, 0.2) is 30.5 Å². The lowest BCUT2D eigenvalue weighted by Crippen LogP contribution is -2.33. The highest BCUT2D eigenvalue weighted by Crippen LogP contribution is 2.17. The summed E-state index contributed by atoms with van der Waals surface area (Å²) in [5, 5.41) is 12.9. The van der Waals surface area contributed by atoms with Crippen LogP contribution in [0, 0.1) is 0 Å². The van der Waals surface area contributed by atoms with Crippen molar-refractivity contribution in [2.75, 3.05) is 6.54 Å². The summed E-state index contributed by atoms with van der Waals surface area (Å²) in [4.78, 5) is 14.4. The number of nitrogens with one attached hydrogen (secondary N) is 2. The van der Waals surface area contributed by atoms with Gasteiger partial charge >= 0.3 is 0 Å². The number of rotatable bonds is 4. The number of aliphatic hydroxyl groups is 1. The van der Waals surface area contributed by atoms with Crippen LogP contribution in [0.5, 0.6) is 0 Å². The average molecular weight is 232 g/mol. The molecular weight excluding hydrogens is 216 g/mol. The predicted molar refractivity (Wildman–Crippen MR) is 66.7 cm³/mol. The largest absolute Gasteiger partial charge is 0.384 e. The molecule has 0 aliphatic heterocycles. The number of benzene rings is 1. The molecule has 0 aliphatic carbocycles. The molecule has 2 aromatic rings. The molecule has 0 spiro atoms. The van der Waals surface area contributed by atoms with Gasteiger partial charge in [0.15, 0.2) is 0 Å². The van der Waals surface area contributed by atoms with Gasteiger partial charge in [-0.3, -0.25) is 4.79 Å². The van der Waals surface area contributed by atoms with Crippen LogP contribution in [0.2, 0.25) is 0 Å². The number of hydrogen-bond acceptors (Lipinski definition) is 2. The number of carbonyl (C=O) groups is 1. The fraction of sp³-hybridized carbons (Fsp3) is 0.308. The van der Waals surface area contributed by atoms with E-state index in [-0.39, 0.29) is 5.91 Å². The maximum Gasteiger partial charge on any atom is 0.248 e. The van der Waals surface area contributed by atoms with Gasteiger partial charge in [0.25, 0.3) is 0 Å². The lowest BCUT2D eigenvalue weighted by molar-refractivity contribution is -0.128. The molecule has 0 radical (unpaired) electrons. The molecule has 0 aliphatic rings. The third-order valence-corrected chi connectivity index (χ3v) is 2.75. The standard InChI is InChI=1S/C13H16N2O2/c1-9(16)13(17)14-7-6-10-8-15-12-5-3-2-4-11(10)12/h2-5,8-9,15-16H,6-7H2,1H3,(H,14,17). The first-order valence-corrected chi connectivity index (χ1v) is 5.69. The van der Waals surface area contributed by atoms with Crippen LogP contribution in [0.3, 0.4) is 0 Å². The van der Waals surface area contributed by atoms with Crippen LogP contribution in [0.4, 0.5) is 0 Å². The number of aromatic nitrogens is 1. The molecule has 1 aromatic heterocycles. The van der Waals surface area contributed by atoms with Gasteiger partial charge in [-0.25, -0.2) is 0 Å². The Bertz CT molecular complexity index is 517. The number of fused-ring (bicyclic) bond motifs is 1. The van der Waals surface area contributed by atoms with Gasteiger partial charge in [0.1, 0.15) is 6.10 Å². The average Bonchev–Trinajstić information content (AvgIpc) is 2.72. The van der Waals surface area contributed by atoms with E-state index in [9.17, 15) is 4.79 Å². The van der Waals surface area contributed by atoms with Crippen molar-refractivity contribution < 1.29 is 9.90 Å². The molecule has 17 heavy (non-hydrogen) atoms. The van der Waals surface area contributed by atoms with Gasteiger partial charge in [0, 0.05) is 23.6 Å². The summed E-state index contributed by atoms with van der Waals surface area (Å²) in [6.45, 7) is 1.99. The molecule has 0 saturated heterocycles. The van der Waals surface area contributed by atoms with E-state index in [2.05, 4.69) is 16.4 Å². The van der Waals surface area contributed by atoms with Crippen molar-refractivity contribution in [3.63, 3.8) is 0 Å². The van der Waals surface area contributed by atoms with Crippen molar-refractivity contribution in [1.29, 1.82) is 0 Å². The van der Waals surface area contributed by atoms with Crippen LogP contribution >= 0.6 is 0 Å². The highest BCUT2D eigenvalue weighted by Gasteiger charge is 2.08. The van der Waals surface area contributed by atoms with Crippen molar-refractivity contribution >= 4 is 16.8 Å². The zero-order chi connectivity index (χ0) is 12.3. The van der Waals surface area contributed by atoms with Crippen molar-refractivity contribution in [3.8, 4) is 0 Å². The fourth-order valence-corrected chi connectivity index (χ4v) is 1.81. The van der Waals surface area contributed by atoms with Crippen LogP contribution in [0.25, 0.3) is 10.9 Å². The maximum atomic E-state index is 11.2. The number of carbonyl (C=O) groups excluding carboxylic acids is 1. The Balaban J connectivity index is 1.98. The fourth-order valence-electron chi connectivity index (χ4n) is 1.81. The number of hydrogen-bond donors (Lipinski definition) is 3. The Hall–Kier alpha value is -1.81. The molecule has 1 heterocycles. The highest BCUT2D eigenvalue weighted by molar-refractivity contribution is 5.83. The Morgan fingerprint density at radius 3 is 3.00 bits per heavy atom. The summed E-state index contributed by atoms with van der Waals surface area (Å²) in [7, 11) is 0. The van der Waals surface area contributed by atoms with Crippen molar-refractivity contribution in [2.45, 2.75) is 19.4 Å². The third kappa shape index (κ3) is 2.65. The van der Waals surface area contributed by atoms with E-state index in [0.717, 1.165) is 11.9 Å². The Morgan fingerprint density at radius 2 is 2.24 bits per heavy atom. The Morgan fingerprint density at radius 1 is 1.47 bits per heavy atom. The van der Waals surface area contributed by atoms with Crippen LogP contribution in [-0.2, 0) is 11.2 Å². The second-order valence-corrected chi connectivity index (χ2v) is 4.08. The summed E-state index contributed by atoms with van der Waals surface area (Å²) in [5.74, 6) is -0.329. The first kappa shape index (κ1) is 11.7. The molecule has 0 saturated carbocycles. The molecule has 2 rings (SSSR count). The lowest BCUT2D eigenvalue weighted by Gasteiger charge is -2.06. The lowest BCUT2D eigenvalue weighted by atomic mass is 10.1. The minimum Gasteiger partial charge on any atom is -0.384 e. The molecule has 90 valence electrons. The van der Waals surface area contributed by atoms with Gasteiger partial charge in [-0.1, -0.05) is 18.2 Å². The van der Waals surface area contributed by atoms with E-state index >= 15 is 0 Å². The van der Waals surface area contributed by atoms with Crippen LogP contribution in [-0.4, -0.2) is 28.6 Å². The zero-order valence-corrected chi connectivity index (χ0v) is 9.73. The number of H-pyrrole nitrogens is 1. The quantitative estimate of drug-likeness (QED) is 0.741. The molecule has 1 amide bonds. The molecule has 4 nitrogen and oxygen atoms in total. The highest BCUT2D eigenvalue weighted by atomic mass is 16.3. The molecule has 0 fully saturated rings. The van der Waals surface area contributed by atoms with Gasteiger partial charge < -0.3 is 15.4 Å². The summed E-state index contributed by atoms with van der Waals surface area (Å²) >= 11 is 0. The molecule has 1 unspecified atom stereocenters. The molecule has 1 atom stereocenters. The predicted octanol–water partition coefficient (Wildman–Crippen LogP) is 1.21. The zero-order valence-electron chi connectivity index (χ0n) is 9.73. The number of aliphatic hydroxyl groups excluding tert-OH is 1. The number of amides is 1. The SMILES string of the molecule is CC(O)C(=O)NCCc1c[nH]c2ccccc12. The first-order valence-electron chi connectivity index (χ1n) is 5.69. The second kappa shape index (κ2) is 5.01. The van der Waals surface area contributed by atoms with Gasteiger partial charge in [-0.15, -0.1) is 0 Å². The number of para-hydroxylation sites is 1. The summed E-state index contributed by atoms with van der Waals surface area (Å²) in [5.41, 5.74) is 2.27. The first-order chi connectivity index (χ1) is 8.18. The monoisotopic (exact) mass is 232 g/mol. The van der Waals surface area contributed by atoms with Crippen molar-refractivity contribution in [2.24, 2.45) is 0 Å².